The lowest BCUT2D eigenvalue weighted by atomic mass is 10.1. The fourth-order valence-corrected chi connectivity index (χ4v) is 5.08. The molecular weight excluding hydrogens is 397 g/mol. The number of anilines is 1. The van der Waals surface area contributed by atoms with Crippen molar-refractivity contribution in [3.8, 4) is 5.75 Å². The average molecular weight is 421 g/mol. The first kappa shape index (κ1) is 22.5. The summed E-state index contributed by atoms with van der Waals surface area (Å²) in [5.41, 5.74) is 1.09. The smallest absolute Gasteiger partial charge is 0.307 e. The molecule has 0 radical (unpaired) electrons. The predicted molar refractivity (Wildman–Crippen MR) is 108 cm³/mol. The number of carbonyl (C=O) groups is 2. The molecule has 0 spiro atoms. The number of ether oxygens (including phenoxy) is 1. The van der Waals surface area contributed by atoms with Crippen molar-refractivity contribution in [2.75, 3.05) is 18.6 Å². The van der Waals surface area contributed by atoms with Gasteiger partial charge in [-0.15, -0.1) is 0 Å². The van der Waals surface area contributed by atoms with Crippen molar-refractivity contribution >= 4 is 25.0 Å². The second-order valence-electron chi connectivity index (χ2n) is 6.59. The maximum atomic E-state index is 13.3. The van der Waals surface area contributed by atoms with Crippen LogP contribution in [-0.4, -0.2) is 40.3 Å². The van der Waals surface area contributed by atoms with Crippen molar-refractivity contribution in [2.24, 2.45) is 5.92 Å². The van der Waals surface area contributed by atoms with Gasteiger partial charge in [0.15, 0.2) is 0 Å². The molecule has 156 valence electrons. The van der Waals surface area contributed by atoms with Gasteiger partial charge in [-0.3, -0.25) is 14.2 Å². The molecular formula is C20H24NO7P. The second-order valence-corrected chi connectivity index (χ2v) is 8.98. The lowest BCUT2D eigenvalue weighted by Crippen LogP contribution is -2.23. The minimum atomic E-state index is -4.09. The van der Waals surface area contributed by atoms with Crippen molar-refractivity contribution in [3.63, 3.8) is 0 Å². The Kier molecular flexibility index (Phi) is 7.82. The Labute approximate surface area is 168 Å². The summed E-state index contributed by atoms with van der Waals surface area (Å²) in [5, 5.41) is 21.2. The summed E-state index contributed by atoms with van der Waals surface area (Å²) in [5.74, 6) is -4.12. The van der Waals surface area contributed by atoms with E-state index in [0.717, 1.165) is 0 Å². The zero-order valence-electron chi connectivity index (χ0n) is 15.9. The van der Waals surface area contributed by atoms with Crippen LogP contribution in [0.5, 0.6) is 5.75 Å². The van der Waals surface area contributed by atoms with E-state index in [1.165, 1.54) is 7.11 Å². The first-order valence-corrected chi connectivity index (χ1v) is 10.9. The average Bonchev–Trinajstić information content (AvgIpc) is 2.70. The molecule has 0 saturated heterocycles. The summed E-state index contributed by atoms with van der Waals surface area (Å²) in [6.45, 7) is 0. The van der Waals surface area contributed by atoms with E-state index in [2.05, 4.69) is 5.32 Å². The largest absolute Gasteiger partial charge is 0.497 e. The molecule has 3 unspecified atom stereocenters. The van der Waals surface area contributed by atoms with E-state index >= 15 is 0 Å². The first-order chi connectivity index (χ1) is 13.7. The molecule has 29 heavy (non-hydrogen) atoms. The van der Waals surface area contributed by atoms with E-state index in [1.54, 1.807) is 54.6 Å². The van der Waals surface area contributed by atoms with Crippen LogP contribution in [0.3, 0.4) is 0 Å². The van der Waals surface area contributed by atoms with E-state index < -0.39 is 43.6 Å². The van der Waals surface area contributed by atoms with Gasteiger partial charge in [0.25, 0.3) is 0 Å². The molecule has 0 amide bonds. The summed E-state index contributed by atoms with van der Waals surface area (Å²) in [4.78, 5) is 33.1. The van der Waals surface area contributed by atoms with Crippen LogP contribution in [0, 0.1) is 5.92 Å². The molecule has 9 heteroatoms. The molecule has 2 aromatic carbocycles. The van der Waals surface area contributed by atoms with Gasteiger partial charge in [0.2, 0.25) is 7.37 Å². The molecule has 0 bridgehead atoms. The molecule has 0 aliphatic rings. The highest BCUT2D eigenvalue weighted by molar-refractivity contribution is 7.58. The number of nitrogens with one attached hydrogen (secondary N) is 1. The van der Waals surface area contributed by atoms with Crippen molar-refractivity contribution < 1.29 is 34.0 Å². The number of carboxylic acids is 2. The van der Waals surface area contributed by atoms with E-state index in [4.69, 9.17) is 9.84 Å². The zero-order valence-corrected chi connectivity index (χ0v) is 16.8. The number of hydrogen-bond donors (Lipinski definition) is 4. The third kappa shape index (κ3) is 6.62. The molecule has 0 heterocycles. The van der Waals surface area contributed by atoms with E-state index in [0.29, 0.717) is 17.0 Å². The van der Waals surface area contributed by atoms with Gasteiger partial charge in [-0.25, -0.2) is 0 Å². The minimum Gasteiger partial charge on any atom is -0.497 e. The van der Waals surface area contributed by atoms with Crippen molar-refractivity contribution in [1.82, 2.24) is 0 Å². The summed E-state index contributed by atoms with van der Waals surface area (Å²) in [7, 11) is -2.57. The number of methoxy groups -OCH3 is 1. The van der Waals surface area contributed by atoms with Gasteiger partial charge in [0, 0.05) is 18.3 Å². The summed E-state index contributed by atoms with van der Waals surface area (Å²) >= 11 is 0. The van der Waals surface area contributed by atoms with Crippen molar-refractivity contribution in [1.29, 1.82) is 0 Å². The Morgan fingerprint density at radius 3 is 2.21 bits per heavy atom. The Bertz CT molecular complexity index is 870. The summed E-state index contributed by atoms with van der Waals surface area (Å²) < 4.78 is 18.4. The third-order valence-corrected chi connectivity index (χ3v) is 6.65. The van der Waals surface area contributed by atoms with Crippen molar-refractivity contribution in [3.05, 3.63) is 60.2 Å². The SMILES string of the molecule is COc1ccc(NC(c2ccccc2)P(=O)(O)CC(CCC(=O)O)C(=O)O)cc1. The Hall–Kier alpha value is -2.83. The molecule has 0 fully saturated rings. The quantitative estimate of drug-likeness (QED) is 0.404. The molecule has 3 atom stereocenters. The zero-order chi connectivity index (χ0) is 21.4. The maximum Gasteiger partial charge on any atom is 0.307 e. The number of rotatable bonds is 11. The normalized spacial score (nSPS) is 15.0. The number of benzene rings is 2. The number of hydrogen-bond acceptors (Lipinski definition) is 5. The topological polar surface area (TPSA) is 133 Å². The van der Waals surface area contributed by atoms with Gasteiger partial charge >= 0.3 is 11.9 Å². The third-order valence-electron chi connectivity index (χ3n) is 4.45. The monoisotopic (exact) mass is 421 g/mol. The molecule has 2 rings (SSSR count). The Morgan fingerprint density at radius 2 is 1.69 bits per heavy atom. The lowest BCUT2D eigenvalue weighted by Gasteiger charge is -2.27. The second kappa shape index (κ2) is 10.1. The van der Waals surface area contributed by atoms with Crippen LogP contribution in [-0.2, 0) is 14.2 Å². The van der Waals surface area contributed by atoms with E-state index in [9.17, 15) is 24.2 Å². The highest BCUT2D eigenvalue weighted by Gasteiger charge is 2.37. The fourth-order valence-electron chi connectivity index (χ4n) is 2.91. The van der Waals surface area contributed by atoms with Crippen LogP contribution < -0.4 is 10.1 Å². The molecule has 0 aromatic heterocycles. The summed E-state index contributed by atoms with van der Waals surface area (Å²) in [6.07, 6.45) is -1.16. The molecule has 8 nitrogen and oxygen atoms in total. The van der Waals surface area contributed by atoms with Crippen LogP contribution >= 0.6 is 7.37 Å². The Balaban J connectivity index is 2.31. The van der Waals surface area contributed by atoms with Gasteiger partial charge < -0.3 is 25.2 Å². The minimum absolute atomic E-state index is 0.223. The van der Waals surface area contributed by atoms with E-state index in [-0.39, 0.29) is 6.42 Å². The van der Waals surface area contributed by atoms with Gasteiger partial charge in [-0.1, -0.05) is 30.3 Å². The van der Waals surface area contributed by atoms with Gasteiger partial charge in [-0.05, 0) is 36.2 Å². The first-order valence-electron chi connectivity index (χ1n) is 8.94. The highest BCUT2D eigenvalue weighted by Crippen LogP contribution is 2.57. The van der Waals surface area contributed by atoms with Crippen LogP contribution in [0.4, 0.5) is 5.69 Å². The van der Waals surface area contributed by atoms with Crippen LogP contribution in [0.2, 0.25) is 0 Å². The molecule has 0 aliphatic carbocycles. The molecule has 0 aliphatic heterocycles. The van der Waals surface area contributed by atoms with Crippen LogP contribution in [0.15, 0.2) is 54.6 Å². The van der Waals surface area contributed by atoms with E-state index in [1.807, 2.05) is 0 Å². The molecule has 0 saturated carbocycles. The Morgan fingerprint density at radius 1 is 1.07 bits per heavy atom. The predicted octanol–water partition coefficient (Wildman–Crippen LogP) is 3.64. The van der Waals surface area contributed by atoms with Gasteiger partial charge in [0.1, 0.15) is 11.5 Å². The summed E-state index contributed by atoms with van der Waals surface area (Å²) in [6, 6.07) is 15.3. The van der Waals surface area contributed by atoms with Gasteiger partial charge in [0.05, 0.1) is 13.0 Å². The lowest BCUT2D eigenvalue weighted by molar-refractivity contribution is -0.142. The molecule has 4 N–H and O–H groups in total. The highest BCUT2D eigenvalue weighted by atomic mass is 31.2. The fraction of sp³-hybridized carbons (Fsp3) is 0.300. The number of carboxylic acid groups (broad SMARTS) is 2. The standard InChI is InChI=1S/C20H24NO7P/c1-28-17-10-8-16(9-11-17)21-19(14-5-3-2-4-6-14)29(26,27)13-15(20(24)25)7-12-18(22)23/h2-6,8-11,15,19,21H,7,12-13H2,1H3,(H,22,23)(H,24,25)(H,26,27). The van der Waals surface area contributed by atoms with Crippen LogP contribution in [0.1, 0.15) is 24.2 Å². The van der Waals surface area contributed by atoms with Crippen LogP contribution in [0.25, 0.3) is 0 Å². The molecule has 2 aromatic rings. The maximum absolute atomic E-state index is 13.3. The number of aliphatic carboxylic acids is 2. The van der Waals surface area contributed by atoms with Crippen molar-refractivity contribution in [2.45, 2.75) is 18.6 Å². The van der Waals surface area contributed by atoms with Gasteiger partial charge in [-0.2, -0.15) is 0 Å².